The summed E-state index contributed by atoms with van der Waals surface area (Å²) in [6.45, 7) is 9.22. The number of halogens is 1. The molecule has 1 fully saturated rings. The number of thiazole rings is 1. The van der Waals surface area contributed by atoms with Gasteiger partial charge in [0.05, 0.1) is 12.2 Å². The zero-order valence-electron chi connectivity index (χ0n) is 14.1. The van der Waals surface area contributed by atoms with Crippen molar-refractivity contribution < 1.29 is 17.6 Å². The zero-order valence-corrected chi connectivity index (χ0v) is 17.1. The largest absolute Gasteiger partial charge is 0.386 e. The summed E-state index contributed by atoms with van der Waals surface area (Å²) in [6, 6.07) is 0. The van der Waals surface area contributed by atoms with Gasteiger partial charge < -0.3 is 14.6 Å². The molecule has 7 heteroatoms. The quantitative estimate of drug-likeness (QED) is 0.327. The van der Waals surface area contributed by atoms with E-state index in [2.05, 4.69) is 18.8 Å². The molecule has 3 atom stereocenters. The van der Waals surface area contributed by atoms with E-state index in [0.717, 1.165) is 17.8 Å². The highest BCUT2D eigenvalue weighted by molar-refractivity contribution is 14.1. The summed E-state index contributed by atoms with van der Waals surface area (Å²) < 4.78 is 16.9. The highest BCUT2D eigenvalue weighted by Gasteiger charge is 2.52. The van der Waals surface area contributed by atoms with Crippen molar-refractivity contribution in [2.75, 3.05) is 13.2 Å². The van der Waals surface area contributed by atoms with Crippen LogP contribution in [0.1, 0.15) is 51.6 Å². The van der Waals surface area contributed by atoms with Crippen molar-refractivity contribution in [1.82, 2.24) is 4.98 Å². The summed E-state index contributed by atoms with van der Waals surface area (Å²) in [5.74, 6) is 0.0605. The van der Waals surface area contributed by atoms with Gasteiger partial charge in [-0.25, -0.2) is 4.98 Å². The van der Waals surface area contributed by atoms with E-state index in [1.54, 1.807) is 6.20 Å². The normalized spacial score (nSPS) is 23.0. The lowest BCUT2D eigenvalue weighted by Crippen LogP contribution is -2.30. The molecule has 0 saturated heterocycles. The van der Waals surface area contributed by atoms with Gasteiger partial charge in [-0.3, -0.25) is 3.07 Å². The number of hydrogen-bond donors (Lipinski definition) is 1. The smallest absolute Gasteiger partial charge is 0.173 e. The Morgan fingerprint density at radius 2 is 2.04 bits per heavy atom. The summed E-state index contributed by atoms with van der Waals surface area (Å²) in [5, 5.41) is 13.1. The van der Waals surface area contributed by atoms with Gasteiger partial charge in [0.25, 0.3) is 0 Å². The first kappa shape index (κ1) is 19.5. The molecule has 0 amide bonds. The number of aromatic nitrogens is 1. The third-order valence-electron chi connectivity index (χ3n) is 4.24. The molecule has 1 saturated carbocycles. The molecule has 1 aliphatic rings. The standard InChI is InChI=1S/C16H26INO4S/c1-15(2,20-7-5-8-21-16(3,4)22-17)12-10-11(12)13(19)14-18-6-9-23-14/h6,9,11-13,19H,5,7-8,10H2,1-4H3/t11-,12?,13-/m0/s1. The second kappa shape index (κ2) is 8.05. The maximum absolute atomic E-state index is 10.4. The number of aliphatic hydroxyl groups excluding tert-OH is 1. The van der Waals surface area contributed by atoms with E-state index in [4.69, 9.17) is 12.5 Å². The summed E-state index contributed by atoms with van der Waals surface area (Å²) in [7, 11) is 0. The Bertz CT molecular complexity index is 480. The topological polar surface area (TPSA) is 60.8 Å². The Morgan fingerprint density at radius 3 is 2.65 bits per heavy atom. The van der Waals surface area contributed by atoms with Crippen LogP contribution in [-0.4, -0.2) is 34.7 Å². The van der Waals surface area contributed by atoms with Gasteiger partial charge in [-0.1, -0.05) is 0 Å². The van der Waals surface area contributed by atoms with E-state index in [1.165, 1.54) is 11.3 Å². The minimum Gasteiger partial charge on any atom is -0.386 e. The monoisotopic (exact) mass is 455 g/mol. The summed E-state index contributed by atoms with van der Waals surface area (Å²) in [4.78, 5) is 4.21. The van der Waals surface area contributed by atoms with Crippen LogP contribution in [0.2, 0.25) is 0 Å². The number of rotatable bonds is 10. The molecule has 0 bridgehead atoms. The van der Waals surface area contributed by atoms with E-state index in [9.17, 15) is 5.11 Å². The number of nitrogens with zero attached hydrogens (tertiary/aromatic N) is 1. The van der Waals surface area contributed by atoms with Crippen molar-refractivity contribution in [2.24, 2.45) is 11.8 Å². The molecule has 2 rings (SSSR count). The Kier molecular flexibility index (Phi) is 6.84. The predicted molar refractivity (Wildman–Crippen MR) is 98.5 cm³/mol. The Labute approximate surface area is 156 Å². The van der Waals surface area contributed by atoms with E-state index in [-0.39, 0.29) is 11.5 Å². The van der Waals surface area contributed by atoms with Crippen molar-refractivity contribution >= 4 is 34.3 Å². The maximum Gasteiger partial charge on any atom is 0.173 e. The summed E-state index contributed by atoms with van der Waals surface area (Å²) in [5.41, 5.74) is -0.238. The fourth-order valence-corrected chi connectivity index (χ4v) is 3.59. The molecule has 23 heavy (non-hydrogen) atoms. The lowest BCUT2D eigenvalue weighted by atomic mass is 9.99. The molecule has 0 aliphatic heterocycles. The maximum atomic E-state index is 10.4. The molecule has 1 unspecified atom stereocenters. The summed E-state index contributed by atoms with van der Waals surface area (Å²) in [6.07, 6.45) is 3.08. The minimum atomic E-state index is -0.560. The SMILES string of the molecule is CC(C)(OI)OCCCOC(C)(C)C1C[C@@H]1[C@H](O)c1nccs1. The third kappa shape index (κ3) is 5.61. The molecule has 1 aromatic heterocycles. The molecule has 132 valence electrons. The van der Waals surface area contributed by atoms with Gasteiger partial charge in [0.1, 0.15) is 34.1 Å². The molecule has 1 aromatic rings. The Balaban J connectivity index is 1.69. The second-order valence-electron chi connectivity index (χ2n) is 6.95. The Morgan fingerprint density at radius 1 is 1.35 bits per heavy atom. The highest BCUT2D eigenvalue weighted by Crippen LogP contribution is 2.54. The van der Waals surface area contributed by atoms with Gasteiger partial charge in [-0.05, 0) is 52.4 Å². The van der Waals surface area contributed by atoms with Crippen LogP contribution in [-0.2, 0) is 12.5 Å². The molecule has 0 radical (unpaired) electrons. The van der Waals surface area contributed by atoms with Gasteiger partial charge in [0, 0.05) is 18.2 Å². The van der Waals surface area contributed by atoms with Crippen LogP contribution in [0.25, 0.3) is 0 Å². The van der Waals surface area contributed by atoms with Crippen LogP contribution < -0.4 is 0 Å². The van der Waals surface area contributed by atoms with Crippen LogP contribution in [0.3, 0.4) is 0 Å². The van der Waals surface area contributed by atoms with Crippen molar-refractivity contribution in [3.63, 3.8) is 0 Å². The average Bonchev–Trinajstić information content (AvgIpc) is 3.13. The molecule has 0 spiro atoms. The fourth-order valence-electron chi connectivity index (χ4n) is 2.77. The number of aliphatic hydroxyl groups is 1. The molecule has 0 aromatic carbocycles. The van der Waals surface area contributed by atoms with E-state index in [1.807, 2.05) is 42.2 Å². The lowest BCUT2D eigenvalue weighted by Gasteiger charge is -2.27. The van der Waals surface area contributed by atoms with Gasteiger partial charge in [0.15, 0.2) is 5.79 Å². The summed E-state index contributed by atoms with van der Waals surface area (Å²) >= 11 is 3.36. The van der Waals surface area contributed by atoms with Crippen molar-refractivity contribution in [2.45, 2.75) is 58.0 Å². The van der Waals surface area contributed by atoms with Gasteiger partial charge in [0.2, 0.25) is 0 Å². The van der Waals surface area contributed by atoms with Gasteiger partial charge in [-0.15, -0.1) is 11.3 Å². The first-order valence-corrected chi connectivity index (χ1v) is 9.68. The van der Waals surface area contributed by atoms with E-state index in [0.29, 0.717) is 19.1 Å². The van der Waals surface area contributed by atoms with E-state index >= 15 is 0 Å². The van der Waals surface area contributed by atoms with Crippen molar-refractivity contribution in [3.05, 3.63) is 16.6 Å². The molecular weight excluding hydrogens is 429 g/mol. The zero-order chi connectivity index (χ0) is 17.1. The molecule has 5 nitrogen and oxygen atoms in total. The second-order valence-corrected chi connectivity index (χ2v) is 8.32. The van der Waals surface area contributed by atoms with Crippen LogP contribution in [0.15, 0.2) is 11.6 Å². The third-order valence-corrected chi connectivity index (χ3v) is 6.15. The van der Waals surface area contributed by atoms with Crippen molar-refractivity contribution in [3.8, 4) is 0 Å². The van der Waals surface area contributed by atoms with Crippen LogP contribution >= 0.6 is 34.3 Å². The molecule has 1 aliphatic carbocycles. The highest BCUT2D eigenvalue weighted by atomic mass is 127. The minimum absolute atomic E-state index is 0.238. The van der Waals surface area contributed by atoms with E-state index < -0.39 is 11.9 Å². The lowest BCUT2D eigenvalue weighted by molar-refractivity contribution is -0.139. The number of hydrogen-bond acceptors (Lipinski definition) is 6. The average molecular weight is 455 g/mol. The Hall–Kier alpha value is 0.200. The van der Waals surface area contributed by atoms with Gasteiger partial charge >= 0.3 is 0 Å². The number of ether oxygens (including phenoxy) is 2. The first-order valence-electron chi connectivity index (χ1n) is 7.92. The first-order chi connectivity index (χ1) is 10.8. The van der Waals surface area contributed by atoms with Crippen LogP contribution in [0, 0.1) is 11.8 Å². The molecule has 1 heterocycles. The molecular formula is C16H26INO4S. The fraction of sp³-hybridized carbons (Fsp3) is 0.812. The van der Waals surface area contributed by atoms with Crippen LogP contribution in [0.4, 0.5) is 0 Å². The van der Waals surface area contributed by atoms with Gasteiger partial charge in [-0.2, -0.15) is 0 Å². The molecule has 1 N–H and O–H groups in total. The van der Waals surface area contributed by atoms with Crippen LogP contribution in [0.5, 0.6) is 0 Å². The van der Waals surface area contributed by atoms with Crippen molar-refractivity contribution in [1.29, 1.82) is 0 Å². The predicted octanol–water partition coefficient (Wildman–Crippen LogP) is 4.12.